The van der Waals surface area contributed by atoms with Gasteiger partial charge in [-0.1, -0.05) is 23.9 Å². The monoisotopic (exact) mass is 301 g/mol. The molecule has 0 unspecified atom stereocenters. The predicted molar refractivity (Wildman–Crippen MR) is 81.5 cm³/mol. The molecule has 3 nitrogen and oxygen atoms in total. The van der Waals surface area contributed by atoms with Crippen LogP contribution in [0.5, 0.6) is 0 Å². The van der Waals surface area contributed by atoms with Gasteiger partial charge in [-0.25, -0.2) is 4.98 Å². The van der Waals surface area contributed by atoms with E-state index in [0.717, 1.165) is 20.9 Å². The molecule has 0 aliphatic heterocycles. The zero-order valence-electron chi connectivity index (χ0n) is 10.4. The molecule has 0 fully saturated rings. The summed E-state index contributed by atoms with van der Waals surface area (Å²) in [4.78, 5) is 16.1. The van der Waals surface area contributed by atoms with Crippen LogP contribution >= 0.6 is 23.1 Å². The lowest BCUT2D eigenvalue weighted by molar-refractivity contribution is -0.136. The SMILES string of the molecule is O=C(O)Cc1ccc(Sc2nccc3sccc23)cc1. The van der Waals surface area contributed by atoms with E-state index in [9.17, 15) is 4.79 Å². The van der Waals surface area contributed by atoms with Crippen molar-refractivity contribution < 1.29 is 9.90 Å². The quantitative estimate of drug-likeness (QED) is 0.789. The summed E-state index contributed by atoms with van der Waals surface area (Å²) in [7, 11) is 0. The zero-order valence-corrected chi connectivity index (χ0v) is 12.1. The molecule has 1 N–H and O–H groups in total. The number of carboxylic acids is 1. The number of carboxylic acid groups (broad SMARTS) is 1. The number of fused-ring (bicyclic) bond motifs is 1. The minimum absolute atomic E-state index is 0.0588. The second kappa shape index (κ2) is 5.64. The van der Waals surface area contributed by atoms with Gasteiger partial charge in [0.25, 0.3) is 0 Å². The molecule has 3 rings (SSSR count). The largest absolute Gasteiger partial charge is 0.481 e. The Kier molecular flexibility index (Phi) is 3.71. The summed E-state index contributed by atoms with van der Waals surface area (Å²) >= 11 is 3.30. The number of benzene rings is 1. The van der Waals surface area contributed by atoms with Crippen LogP contribution < -0.4 is 0 Å². The number of hydrogen-bond donors (Lipinski definition) is 1. The molecule has 0 amide bonds. The van der Waals surface area contributed by atoms with Crippen molar-refractivity contribution in [3.8, 4) is 0 Å². The van der Waals surface area contributed by atoms with Crippen molar-refractivity contribution in [3.63, 3.8) is 0 Å². The van der Waals surface area contributed by atoms with E-state index < -0.39 is 5.97 Å². The fourth-order valence-corrected chi connectivity index (χ4v) is 3.66. The topological polar surface area (TPSA) is 50.2 Å². The van der Waals surface area contributed by atoms with Gasteiger partial charge in [0, 0.05) is 21.2 Å². The maximum absolute atomic E-state index is 10.6. The molecule has 5 heteroatoms. The van der Waals surface area contributed by atoms with E-state index in [4.69, 9.17) is 5.11 Å². The first-order chi connectivity index (χ1) is 9.72. The maximum atomic E-state index is 10.6. The fraction of sp³-hybridized carbons (Fsp3) is 0.0667. The lowest BCUT2D eigenvalue weighted by atomic mass is 10.2. The molecule has 2 heterocycles. The Morgan fingerprint density at radius 1 is 1.20 bits per heavy atom. The van der Waals surface area contributed by atoms with E-state index in [1.807, 2.05) is 36.5 Å². The number of aliphatic carboxylic acids is 1. The van der Waals surface area contributed by atoms with E-state index in [-0.39, 0.29) is 6.42 Å². The average Bonchev–Trinajstić information content (AvgIpc) is 2.90. The first-order valence-corrected chi connectivity index (χ1v) is 7.73. The Balaban J connectivity index is 1.84. The first kappa shape index (κ1) is 13.1. The van der Waals surface area contributed by atoms with Gasteiger partial charge in [-0.05, 0) is 35.2 Å². The first-order valence-electron chi connectivity index (χ1n) is 6.03. The summed E-state index contributed by atoms with van der Waals surface area (Å²) < 4.78 is 1.23. The van der Waals surface area contributed by atoms with E-state index >= 15 is 0 Å². The van der Waals surface area contributed by atoms with Crippen LogP contribution in [0, 0.1) is 0 Å². The predicted octanol–water partition coefficient (Wildman–Crippen LogP) is 4.07. The van der Waals surface area contributed by atoms with Crippen LogP contribution in [-0.4, -0.2) is 16.1 Å². The molecule has 0 saturated heterocycles. The van der Waals surface area contributed by atoms with Gasteiger partial charge in [0.2, 0.25) is 0 Å². The number of thiophene rings is 1. The van der Waals surface area contributed by atoms with Crippen LogP contribution in [0.3, 0.4) is 0 Å². The number of nitrogens with zero attached hydrogens (tertiary/aromatic N) is 1. The highest BCUT2D eigenvalue weighted by molar-refractivity contribution is 7.99. The number of hydrogen-bond acceptors (Lipinski definition) is 4. The summed E-state index contributed by atoms with van der Waals surface area (Å²) in [6, 6.07) is 11.7. The molecular weight excluding hydrogens is 290 g/mol. The van der Waals surface area contributed by atoms with E-state index in [1.165, 1.54) is 4.70 Å². The normalized spacial score (nSPS) is 10.8. The third-order valence-electron chi connectivity index (χ3n) is 2.84. The third-order valence-corrected chi connectivity index (χ3v) is 4.75. The van der Waals surface area contributed by atoms with E-state index in [1.54, 1.807) is 23.1 Å². The molecule has 0 spiro atoms. The highest BCUT2D eigenvalue weighted by Crippen LogP contribution is 2.33. The maximum Gasteiger partial charge on any atom is 0.307 e. The van der Waals surface area contributed by atoms with Crippen LogP contribution in [0.1, 0.15) is 5.56 Å². The molecule has 3 aromatic rings. The van der Waals surface area contributed by atoms with Crippen LogP contribution in [-0.2, 0) is 11.2 Å². The van der Waals surface area contributed by atoms with Crippen molar-refractivity contribution in [1.29, 1.82) is 0 Å². The Bertz CT molecular complexity index is 750. The molecule has 0 radical (unpaired) electrons. The van der Waals surface area contributed by atoms with Gasteiger partial charge in [0.1, 0.15) is 5.03 Å². The zero-order chi connectivity index (χ0) is 13.9. The van der Waals surface area contributed by atoms with Gasteiger partial charge < -0.3 is 5.11 Å². The van der Waals surface area contributed by atoms with Gasteiger partial charge >= 0.3 is 5.97 Å². The van der Waals surface area contributed by atoms with Crippen LogP contribution in [0.2, 0.25) is 0 Å². The van der Waals surface area contributed by atoms with E-state index in [2.05, 4.69) is 16.4 Å². The molecule has 0 aliphatic rings. The van der Waals surface area contributed by atoms with E-state index in [0.29, 0.717) is 0 Å². The summed E-state index contributed by atoms with van der Waals surface area (Å²) in [6.45, 7) is 0. The molecule has 100 valence electrons. The van der Waals surface area contributed by atoms with Crippen LogP contribution in [0.15, 0.2) is 57.9 Å². The summed E-state index contributed by atoms with van der Waals surface area (Å²) in [5.74, 6) is -0.810. The number of aromatic nitrogens is 1. The molecule has 0 bridgehead atoms. The second-order valence-electron chi connectivity index (χ2n) is 4.27. The molecule has 2 aromatic heterocycles. The number of carbonyl (C=O) groups is 1. The third kappa shape index (κ3) is 2.84. The van der Waals surface area contributed by atoms with Crippen molar-refractivity contribution in [2.75, 3.05) is 0 Å². The Morgan fingerprint density at radius 2 is 2.00 bits per heavy atom. The van der Waals surface area contributed by atoms with Gasteiger partial charge in [0.15, 0.2) is 0 Å². The molecular formula is C15H11NO2S2. The average molecular weight is 301 g/mol. The molecule has 20 heavy (non-hydrogen) atoms. The van der Waals surface area contributed by atoms with Crippen molar-refractivity contribution in [2.45, 2.75) is 16.3 Å². The van der Waals surface area contributed by atoms with Gasteiger partial charge in [-0.15, -0.1) is 11.3 Å². The lowest BCUT2D eigenvalue weighted by Gasteiger charge is -2.03. The Morgan fingerprint density at radius 3 is 2.75 bits per heavy atom. The molecule has 0 atom stereocenters. The highest BCUT2D eigenvalue weighted by atomic mass is 32.2. The Hall–Kier alpha value is -1.85. The highest BCUT2D eigenvalue weighted by Gasteiger charge is 2.06. The van der Waals surface area contributed by atoms with Crippen molar-refractivity contribution in [1.82, 2.24) is 4.98 Å². The van der Waals surface area contributed by atoms with Crippen LogP contribution in [0.25, 0.3) is 10.1 Å². The summed E-state index contributed by atoms with van der Waals surface area (Å²) in [5, 5.41) is 13.0. The second-order valence-corrected chi connectivity index (χ2v) is 6.27. The molecule has 0 aliphatic carbocycles. The fourth-order valence-electron chi connectivity index (χ4n) is 1.91. The summed E-state index contributed by atoms with van der Waals surface area (Å²) in [6.07, 6.45) is 1.88. The number of rotatable bonds is 4. The van der Waals surface area contributed by atoms with Crippen molar-refractivity contribution >= 4 is 39.2 Å². The van der Waals surface area contributed by atoms with Crippen molar-refractivity contribution in [3.05, 3.63) is 53.5 Å². The Labute approximate surface area is 124 Å². The van der Waals surface area contributed by atoms with Gasteiger partial charge in [0.05, 0.1) is 6.42 Å². The number of pyridine rings is 1. The van der Waals surface area contributed by atoms with Crippen molar-refractivity contribution in [2.24, 2.45) is 0 Å². The summed E-state index contributed by atoms with van der Waals surface area (Å²) in [5.41, 5.74) is 0.809. The molecule has 1 aromatic carbocycles. The lowest BCUT2D eigenvalue weighted by Crippen LogP contribution is -1.99. The van der Waals surface area contributed by atoms with Gasteiger partial charge in [-0.2, -0.15) is 0 Å². The minimum Gasteiger partial charge on any atom is -0.481 e. The van der Waals surface area contributed by atoms with Gasteiger partial charge in [-0.3, -0.25) is 4.79 Å². The van der Waals surface area contributed by atoms with Crippen LogP contribution in [0.4, 0.5) is 0 Å². The smallest absolute Gasteiger partial charge is 0.307 e. The standard InChI is InChI=1S/C15H11NO2S2/c17-14(18)9-10-1-3-11(4-2-10)20-15-12-6-8-19-13(12)5-7-16-15/h1-8H,9H2,(H,17,18). The minimum atomic E-state index is -0.810. The molecule has 0 saturated carbocycles.